The van der Waals surface area contributed by atoms with E-state index in [9.17, 15) is 24.3 Å². The van der Waals surface area contributed by atoms with Crippen molar-refractivity contribution in [3.05, 3.63) is 71.8 Å². The van der Waals surface area contributed by atoms with Gasteiger partial charge in [0.25, 0.3) is 0 Å². The molecule has 10 nitrogen and oxygen atoms in total. The average Bonchev–Trinajstić information content (AvgIpc) is 3.01. The van der Waals surface area contributed by atoms with E-state index in [0.29, 0.717) is 19.3 Å². The molecule has 3 rings (SSSR count). The number of amides is 4. The van der Waals surface area contributed by atoms with Crippen LogP contribution in [0.25, 0.3) is 0 Å². The number of nitrogens with one attached hydrogen (secondary N) is 4. The summed E-state index contributed by atoms with van der Waals surface area (Å²) in [5, 5.41) is 22.7. The largest absolute Gasteiger partial charge is 0.445 e. The highest BCUT2D eigenvalue weighted by atomic mass is 16.5. The van der Waals surface area contributed by atoms with E-state index < -0.39 is 47.6 Å². The molecule has 0 aliphatic heterocycles. The van der Waals surface area contributed by atoms with Gasteiger partial charge in [0, 0.05) is 23.9 Å². The predicted molar refractivity (Wildman–Crippen MR) is 173 cm³/mol. The van der Waals surface area contributed by atoms with Gasteiger partial charge in [0.2, 0.25) is 17.7 Å². The number of rotatable bonds is 13. The minimum atomic E-state index is -1.14. The second-order valence-corrected chi connectivity index (χ2v) is 13.3. The molecule has 0 radical (unpaired) electrons. The van der Waals surface area contributed by atoms with E-state index in [-0.39, 0.29) is 30.9 Å². The summed E-state index contributed by atoms with van der Waals surface area (Å²) >= 11 is 0. The van der Waals surface area contributed by atoms with Crippen LogP contribution < -0.4 is 21.3 Å². The Morgan fingerprint density at radius 2 is 1.40 bits per heavy atom. The van der Waals surface area contributed by atoms with Crippen LogP contribution in [0.3, 0.4) is 0 Å². The zero-order chi connectivity index (χ0) is 33.0. The quantitative estimate of drug-likeness (QED) is 0.229. The Hall–Kier alpha value is -3.92. The predicted octanol–water partition coefficient (Wildman–Crippen LogP) is 3.86. The Balaban J connectivity index is 1.66. The summed E-state index contributed by atoms with van der Waals surface area (Å²) in [5.41, 5.74) is 1.30. The summed E-state index contributed by atoms with van der Waals surface area (Å²) in [6.45, 7) is 9.30. The molecule has 10 heteroatoms. The lowest BCUT2D eigenvalue weighted by molar-refractivity contribution is -0.137. The van der Waals surface area contributed by atoms with Gasteiger partial charge in [-0.3, -0.25) is 14.4 Å². The Bertz CT molecular complexity index is 1250. The summed E-state index contributed by atoms with van der Waals surface area (Å²) < 4.78 is 5.33. The van der Waals surface area contributed by atoms with Crippen molar-refractivity contribution in [2.24, 2.45) is 17.8 Å². The van der Waals surface area contributed by atoms with Gasteiger partial charge >= 0.3 is 6.09 Å². The Labute approximate surface area is 267 Å². The SMILES string of the molecule is CC(C)[C@H](NC(=O)OCc1ccccc1)C(=O)NC(Cc1ccccc1)C(O)CNC(=O)C1CCCCC1C(=O)NC(C)(C)C. The fraction of sp³-hybridized carbons (Fsp3) is 0.543. The van der Waals surface area contributed by atoms with Gasteiger partial charge in [-0.25, -0.2) is 4.79 Å². The molecule has 4 amide bonds. The minimum Gasteiger partial charge on any atom is -0.445 e. The van der Waals surface area contributed by atoms with Crippen molar-refractivity contribution >= 4 is 23.8 Å². The first-order valence-corrected chi connectivity index (χ1v) is 15.9. The monoisotopic (exact) mass is 622 g/mol. The summed E-state index contributed by atoms with van der Waals surface area (Å²) in [7, 11) is 0. The van der Waals surface area contributed by atoms with Crippen LogP contribution in [0.5, 0.6) is 0 Å². The first kappa shape index (κ1) is 35.6. The first-order valence-electron chi connectivity index (χ1n) is 15.9. The number of hydrogen-bond acceptors (Lipinski definition) is 6. The van der Waals surface area contributed by atoms with Crippen LogP contribution in [0.1, 0.15) is 71.4 Å². The maximum atomic E-state index is 13.5. The van der Waals surface area contributed by atoms with Gasteiger partial charge in [-0.15, -0.1) is 0 Å². The Morgan fingerprint density at radius 1 is 0.844 bits per heavy atom. The van der Waals surface area contributed by atoms with E-state index in [2.05, 4.69) is 21.3 Å². The molecule has 0 heterocycles. The molecule has 1 aliphatic rings. The van der Waals surface area contributed by atoms with Crippen LogP contribution in [0.2, 0.25) is 0 Å². The molecule has 1 saturated carbocycles. The molecule has 45 heavy (non-hydrogen) atoms. The highest BCUT2D eigenvalue weighted by Crippen LogP contribution is 2.31. The van der Waals surface area contributed by atoms with Gasteiger partial charge in [-0.2, -0.15) is 0 Å². The van der Waals surface area contributed by atoms with Crippen molar-refractivity contribution in [2.75, 3.05) is 6.54 Å². The van der Waals surface area contributed by atoms with Gasteiger partial charge in [0.05, 0.1) is 12.1 Å². The summed E-state index contributed by atoms with van der Waals surface area (Å²) in [5.74, 6) is -2.09. The summed E-state index contributed by atoms with van der Waals surface area (Å²) in [6, 6.07) is 17.0. The van der Waals surface area contributed by atoms with E-state index in [4.69, 9.17) is 4.74 Å². The molecular formula is C35H50N4O6. The van der Waals surface area contributed by atoms with Gasteiger partial charge in [0.15, 0.2) is 0 Å². The van der Waals surface area contributed by atoms with Crippen LogP contribution in [0.15, 0.2) is 60.7 Å². The van der Waals surface area contributed by atoms with Crippen molar-refractivity contribution in [3.8, 4) is 0 Å². The molecule has 0 saturated heterocycles. The molecule has 1 fully saturated rings. The van der Waals surface area contributed by atoms with Crippen LogP contribution in [-0.4, -0.2) is 59.2 Å². The van der Waals surface area contributed by atoms with Gasteiger partial charge in [0.1, 0.15) is 12.6 Å². The van der Waals surface area contributed by atoms with Crippen molar-refractivity contribution < 1.29 is 29.0 Å². The molecule has 5 atom stereocenters. The minimum absolute atomic E-state index is 0.0634. The normalized spacial score (nSPS) is 18.6. The Kier molecular flexibility index (Phi) is 13.4. The molecule has 0 spiro atoms. The number of ether oxygens (including phenoxy) is 1. The summed E-state index contributed by atoms with van der Waals surface area (Å²) in [4.78, 5) is 52.4. The van der Waals surface area contributed by atoms with E-state index in [1.807, 2.05) is 81.4 Å². The fourth-order valence-corrected chi connectivity index (χ4v) is 5.55. The lowest BCUT2D eigenvalue weighted by Crippen LogP contribution is -2.57. The molecule has 2 aromatic carbocycles. The number of aliphatic hydroxyl groups excluding tert-OH is 1. The summed E-state index contributed by atoms with van der Waals surface area (Å²) in [6.07, 6.45) is 1.39. The lowest BCUT2D eigenvalue weighted by Gasteiger charge is -2.33. The zero-order valence-corrected chi connectivity index (χ0v) is 27.2. The number of carbonyl (C=O) groups excluding carboxylic acids is 4. The molecule has 246 valence electrons. The van der Waals surface area contributed by atoms with Crippen molar-refractivity contribution in [3.63, 3.8) is 0 Å². The number of carbonyl (C=O) groups is 4. The standard InChI is InChI=1S/C35H50N4O6/c1-23(2)30(38-34(44)45-22-25-16-10-7-11-17-25)33(43)37-28(20-24-14-8-6-9-15-24)29(40)21-36-31(41)26-18-12-13-19-27(26)32(42)39-35(3,4)5/h6-11,14-17,23,26-30,40H,12-13,18-22H2,1-5H3,(H,36,41)(H,37,43)(H,38,44)(H,39,42)/t26?,27?,28?,29?,30-/m0/s1. The van der Waals surface area contributed by atoms with Gasteiger partial charge in [-0.1, -0.05) is 87.4 Å². The number of aliphatic hydroxyl groups is 1. The third-order valence-corrected chi connectivity index (χ3v) is 7.95. The fourth-order valence-electron chi connectivity index (χ4n) is 5.55. The lowest BCUT2D eigenvalue weighted by atomic mass is 9.77. The van der Waals surface area contributed by atoms with Gasteiger partial charge in [-0.05, 0) is 57.1 Å². The van der Waals surface area contributed by atoms with Crippen molar-refractivity contribution in [1.29, 1.82) is 0 Å². The molecule has 0 aromatic heterocycles. The highest BCUT2D eigenvalue weighted by Gasteiger charge is 2.37. The van der Waals surface area contributed by atoms with Crippen molar-refractivity contribution in [2.45, 2.75) is 97.1 Å². The molecular weight excluding hydrogens is 572 g/mol. The smallest absolute Gasteiger partial charge is 0.408 e. The zero-order valence-electron chi connectivity index (χ0n) is 27.2. The third-order valence-electron chi connectivity index (χ3n) is 7.95. The Morgan fingerprint density at radius 3 is 1.96 bits per heavy atom. The maximum Gasteiger partial charge on any atom is 0.408 e. The first-order chi connectivity index (χ1) is 21.3. The van der Waals surface area contributed by atoms with E-state index in [0.717, 1.165) is 24.0 Å². The van der Waals surface area contributed by atoms with Crippen molar-refractivity contribution in [1.82, 2.24) is 21.3 Å². The van der Waals surface area contributed by atoms with E-state index >= 15 is 0 Å². The van der Waals surface area contributed by atoms with Crippen LogP contribution >= 0.6 is 0 Å². The van der Waals surface area contributed by atoms with E-state index in [1.54, 1.807) is 13.8 Å². The second-order valence-electron chi connectivity index (χ2n) is 13.3. The third kappa shape index (κ3) is 11.8. The molecule has 1 aliphatic carbocycles. The second kappa shape index (κ2) is 17.0. The average molecular weight is 623 g/mol. The highest BCUT2D eigenvalue weighted by molar-refractivity contribution is 5.88. The molecule has 2 aromatic rings. The maximum absolute atomic E-state index is 13.5. The molecule has 0 bridgehead atoms. The van der Waals surface area contributed by atoms with Crippen LogP contribution in [0.4, 0.5) is 4.79 Å². The van der Waals surface area contributed by atoms with Crippen LogP contribution in [-0.2, 0) is 32.1 Å². The van der Waals surface area contributed by atoms with Crippen LogP contribution in [0, 0.1) is 17.8 Å². The molecule has 4 unspecified atom stereocenters. The number of benzene rings is 2. The number of hydrogen-bond donors (Lipinski definition) is 5. The van der Waals surface area contributed by atoms with E-state index in [1.165, 1.54) is 0 Å². The van der Waals surface area contributed by atoms with Gasteiger partial charge < -0.3 is 31.1 Å². The topological polar surface area (TPSA) is 146 Å². The molecule has 5 N–H and O–H groups in total. The number of alkyl carbamates (subject to hydrolysis) is 1.